The summed E-state index contributed by atoms with van der Waals surface area (Å²) in [5.74, 6) is -2.04. The highest BCUT2D eigenvalue weighted by Crippen LogP contribution is 2.58. The zero-order valence-electron chi connectivity index (χ0n) is 11.2. The predicted molar refractivity (Wildman–Crippen MR) is 67.0 cm³/mol. The Morgan fingerprint density at radius 1 is 1.44 bits per heavy atom. The largest absolute Gasteiger partial charge is 0.481 e. The molecule has 1 amide bonds. The number of nitrogens with zero attached hydrogens (tertiary/aromatic N) is 1. The van der Waals surface area contributed by atoms with Crippen molar-refractivity contribution in [1.29, 1.82) is 0 Å². The van der Waals surface area contributed by atoms with Crippen LogP contribution >= 0.6 is 0 Å². The fourth-order valence-corrected chi connectivity index (χ4v) is 2.40. The van der Waals surface area contributed by atoms with Gasteiger partial charge in [-0.25, -0.2) is 0 Å². The molecule has 0 aromatic carbocycles. The molecular formula is C13H21NO4. The molecule has 0 saturated heterocycles. The van der Waals surface area contributed by atoms with Crippen molar-refractivity contribution in [3.8, 4) is 0 Å². The molecule has 2 atom stereocenters. The van der Waals surface area contributed by atoms with E-state index in [1.165, 1.54) is 0 Å². The molecule has 18 heavy (non-hydrogen) atoms. The summed E-state index contributed by atoms with van der Waals surface area (Å²) in [5, 5.41) is 9.08. The molecule has 0 aromatic rings. The number of carbonyl (C=O) groups excluding carboxylic acids is 1. The first-order valence-electron chi connectivity index (χ1n) is 5.99. The van der Waals surface area contributed by atoms with Gasteiger partial charge in [-0.15, -0.1) is 6.58 Å². The standard InChI is InChI=1S/C13H21NO4/c1-5-6-14(7-8-18-4)11(15)9-10(12(16)17)13(9,2)3/h5,9-10H,1,6-8H2,2-4H3,(H,16,17)/t9-,10+/m1/s1. The van der Waals surface area contributed by atoms with Crippen molar-refractivity contribution in [3.05, 3.63) is 12.7 Å². The van der Waals surface area contributed by atoms with Gasteiger partial charge in [-0.2, -0.15) is 0 Å². The zero-order chi connectivity index (χ0) is 13.9. The Labute approximate surface area is 107 Å². The molecule has 0 aliphatic heterocycles. The first-order valence-corrected chi connectivity index (χ1v) is 5.99. The topological polar surface area (TPSA) is 66.8 Å². The van der Waals surface area contributed by atoms with Crippen molar-refractivity contribution in [1.82, 2.24) is 4.90 Å². The molecule has 0 bridgehead atoms. The van der Waals surface area contributed by atoms with Gasteiger partial charge in [0.1, 0.15) is 0 Å². The lowest BCUT2D eigenvalue weighted by molar-refractivity contribution is -0.142. The Hall–Kier alpha value is -1.36. The number of carbonyl (C=O) groups is 2. The minimum Gasteiger partial charge on any atom is -0.481 e. The summed E-state index contributed by atoms with van der Waals surface area (Å²) < 4.78 is 4.95. The van der Waals surface area contributed by atoms with Gasteiger partial charge in [0.05, 0.1) is 18.4 Å². The molecule has 0 spiro atoms. The Balaban J connectivity index is 2.72. The number of rotatable bonds is 7. The van der Waals surface area contributed by atoms with E-state index in [9.17, 15) is 9.59 Å². The van der Waals surface area contributed by atoms with Crippen LogP contribution in [-0.2, 0) is 14.3 Å². The molecule has 0 heterocycles. The Morgan fingerprint density at radius 2 is 2.06 bits per heavy atom. The average molecular weight is 255 g/mol. The number of amides is 1. The predicted octanol–water partition coefficient (Wildman–Crippen LogP) is 1.00. The van der Waals surface area contributed by atoms with Crippen molar-refractivity contribution in [2.24, 2.45) is 17.3 Å². The van der Waals surface area contributed by atoms with Gasteiger partial charge in [0.2, 0.25) is 5.91 Å². The molecule has 1 saturated carbocycles. The number of methoxy groups -OCH3 is 1. The highest BCUT2D eigenvalue weighted by atomic mass is 16.5. The van der Waals surface area contributed by atoms with Gasteiger partial charge in [-0.3, -0.25) is 9.59 Å². The van der Waals surface area contributed by atoms with Gasteiger partial charge < -0.3 is 14.7 Å². The molecule has 1 aliphatic carbocycles. The van der Waals surface area contributed by atoms with Crippen LogP contribution in [0.15, 0.2) is 12.7 Å². The fraction of sp³-hybridized carbons (Fsp3) is 0.692. The van der Waals surface area contributed by atoms with E-state index >= 15 is 0 Å². The van der Waals surface area contributed by atoms with Crippen LogP contribution in [0.4, 0.5) is 0 Å². The van der Waals surface area contributed by atoms with Gasteiger partial charge in [-0.05, 0) is 5.41 Å². The van der Waals surface area contributed by atoms with Gasteiger partial charge in [-0.1, -0.05) is 19.9 Å². The first-order chi connectivity index (χ1) is 8.37. The smallest absolute Gasteiger partial charge is 0.307 e. The Bertz CT molecular complexity index is 351. The van der Waals surface area contributed by atoms with Crippen molar-refractivity contribution < 1.29 is 19.4 Å². The number of hydrogen-bond acceptors (Lipinski definition) is 3. The first kappa shape index (κ1) is 14.7. The summed E-state index contributed by atoms with van der Waals surface area (Å²) in [7, 11) is 1.57. The van der Waals surface area contributed by atoms with Crippen LogP contribution in [0.1, 0.15) is 13.8 Å². The zero-order valence-corrected chi connectivity index (χ0v) is 11.2. The van der Waals surface area contributed by atoms with Crippen molar-refractivity contribution >= 4 is 11.9 Å². The van der Waals surface area contributed by atoms with E-state index in [4.69, 9.17) is 9.84 Å². The maximum Gasteiger partial charge on any atom is 0.307 e. The highest BCUT2D eigenvalue weighted by molar-refractivity contribution is 5.91. The number of aliphatic carboxylic acids is 1. The van der Waals surface area contributed by atoms with Crippen LogP contribution in [-0.4, -0.2) is 48.7 Å². The number of hydrogen-bond donors (Lipinski definition) is 1. The fourth-order valence-electron chi connectivity index (χ4n) is 2.40. The van der Waals surface area contributed by atoms with Gasteiger partial charge in [0.15, 0.2) is 0 Å². The van der Waals surface area contributed by atoms with Gasteiger partial charge in [0.25, 0.3) is 0 Å². The van der Waals surface area contributed by atoms with E-state index in [1.807, 2.05) is 13.8 Å². The summed E-state index contributed by atoms with van der Waals surface area (Å²) in [6, 6.07) is 0. The molecule has 5 heteroatoms. The Kier molecular flexibility index (Phi) is 4.51. The minimum absolute atomic E-state index is 0.121. The summed E-state index contributed by atoms with van der Waals surface area (Å²) in [6.45, 7) is 8.55. The lowest BCUT2D eigenvalue weighted by atomic mass is 10.1. The van der Waals surface area contributed by atoms with Crippen LogP contribution in [0.3, 0.4) is 0 Å². The second-order valence-corrected chi connectivity index (χ2v) is 5.18. The van der Waals surface area contributed by atoms with Gasteiger partial charge in [0, 0.05) is 20.2 Å². The SMILES string of the molecule is C=CCN(CCOC)C(=O)[C@H]1[C@@H](C(=O)O)C1(C)C. The summed E-state index contributed by atoms with van der Waals surface area (Å²) in [5.41, 5.74) is -0.463. The van der Waals surface area contributed by atoms with Crippen molar-refractivity contribution in [3.63, 3.8) is 0 Å². The molecule has 5 nitrogen and oxygen atoms in total. The van der Waals surface area contributed by atoms with E-state index in [2.05, 4.69) is 6.58 Å². The van der Waals surface area contributed by atoms with E-state index in [1.54, 1.807) is 18.1 Å². The Morgan fingerprint density at radius 3 is 2.44 bits per heavy atom. The van der Waals surface area contributed by atoms with E-state index < -0.39 is 23.2 Å². The third kappa shape index (κ3) is 2.72. The van der Waals surface area contributed by atoms with Gasteiger partial charge >= 0.3 is 5.97 Å². The quantitative estimate of drug-likeness (QED) is 0.689. The third-order valence-corrected chi connectivity index (χ3v) is 3.59. The number of ether oxygens (including phenoxy) is 1. The summed E-state index contributed by atoms with van der Waals surface area (Å²) >= 11 is 0. The molecule has 1 rings (SSSR count). The average Bonchev–Trinajstić information content (AvgIpc) is 2.87. The van der Waals surface area contributed by atoms with Crippen molar-refractivity contribution in [2.75, 3.05) is 26.8 Å². The van der Waals surface area contributed by atoms with Crippen molar-refractivity contribution in [2.45, 2.75) is 13.8 Å². The normalized spacial score (nSPS) is 24.4. The molecular weight excluding hydrogens is 234 g/mol. The van der Waals surface area contributed by atoms with E-state index in [0.29, 0.717) is 19.7 Å². The third-order valence-electron chi connectivity index (χ3n) is 3.59. The van der Waals surface area contributed by atoms with E-state index in [0.717, 1.165) is 0 Å². The summed E-state index contributed by atoms with van der Waals surface area (Å²) in [6.07, 6.45) is 1.64. The number of carboxylic acids is 1. The molecule has 1 aliphatic rings. The second kappa shape index (κ2) is 5.52. The van der Waals surface area contributed by atoms with Crippen LogP contribution in [0.5, 0.6) is 0 Å². The van der Waals surface area contributed by atoms with Crippen LogP contribution in [0.25, 0.3) is 0 Å². The molecule has 1 N–H and O–H groups in total. The highest BCUT2D eigenvalue weighted by Gasteiger charge is 2.66. The lowest BCUT2D eigenvalue weighted by Crippen LogP contribution is -2.36. The van der Waals surface area contributed by atoms with Crippen LogP contribution < -0.4 is 0 Å². The lowest BCUT2D eigenvalue weighted by Gasteiger charge is -2.21. The van der Waals surface area contributed by atoms with Crippen LogP contribution in [0.2, 0.25) is 0 Å². The van der Waals surface area contributed by atoms with Crippen LogP contribution in [0, 0.1) is 17.3 Å². The minimum atomic E-state index is -0.899. The number of carboxylic acid groups (broad SMARTS) is 1. The maximum absolute atomic E-state index is 12.3. The maximum atomic E-state index is 12.3. The molecule has 0 radical (unpaired) electrons. The molecule has 102 valence electrons. The summed E-state index contributed by atoms with van der Waals surface area (Å²) in [4.78, 5) is 25.0. The molecule has 0 unspecified atom stereocenters. The van der Waals surface area contributed by atoms with E-state index in [-0.39, 0.29) is 5.91 Å². The monoisotopic (exact) mass is 255 g/mol. The molecule has 0 aromatic heterocycles. The second-order valence-electron chi connectivity index (χ2n) is 5.18. The molecule has 1 fully saturated rings.